The SMILES string of the molecule is Cn1ncc(Br)c1C(Cc1ccccc1)NN. The minimum Gasteiger partial charge on any atom is -0.271 e. The molecule has 4 nitrogen and oxygen atoms in total. The molecule has 2 aromatic rings. The van der Waals surface area contributed by atoms with Crippen LogP contribution in [-0.4, -0.2) is 9.78 Å². The summed E-state index contributed by atoms with van der Waals surface area (Å²) in [6.45, 7) is 0. The molecule has 1 unspecified atom stereocenters. The van der Waals surface area contributed by atoms with Crippen molar-refractivity contribution in [1.82, 2.24) is 15.2 Å². The van der Waals surface area contributed by atoms with Gasteiger partial charge in [-0.05, 0) is 27.9 Å². The van der Waals surface area contributed by atoms with Crippen LogP contribution < -0.4 is 11.3 Å². The van der Waals surface area contributed by atoms with Gasteiger partial charge in [0.2, 0.25) is 0 Å². The Kier molecular flexibility index (Phi) is 3.93. The van der Waals surface area contributed by atoms with Crippen LogP contribution in [0.2, 0.25) is 0 Å². The standard InChI is InChI=1S/C12H15BrN4/c1-17-12(10(13)8-15-17)11(16-14)7-9-5-3-2-4-6-9/h2-6,8,11,16H,7,14H2,1H3. The number of hydrazine groups is 1. The van der Waals surface area contributed by atoms with Gasteiger partial charge in [-0.25, -0.2) is 0 Å². The zero-order chi connectivity index (χ0) is 12.3. The summed E-state index contributed by atoms with van der Waals surface area (Å²) in [5, 5.41) is 4.20. The molecule has 2 rings (SSSR count). The van der Waals surface area contributed by atoms with Gasteiger partial charge in [0.15, 0.2) is 0 Å². The average molecular weight is 295 g/mol. The first-order chi connectivity index (χ1) is 8.22. The van der Waals surface area contributed by atoms with E-state index in [1.807, 2.05) is 29.9 Å². The van der Waals surface area contributed by atoms with E-state index in [1.165, 1.54) is 5.56 Å². The highest BCUT2D eigenvalue weighted by atomic mass is 79.9. The zero-order valence-electron chi connectivity index (χ0n) is 9.60. The first-order valence-corrected chi connectivity index (χ1v) is 6.19. The van der Waals surface area contributed by atoms with Crippen molar-refractivity contribution < 1.29 is 0 Å². The van der Waals surface area contributed by atoms with Gasteiger partial charge in [0, 0.05) is 7.05 Å². The molecule has 90 valence electrons. The predicted molar refractivity (Wildman–Crippen MR) is 71.1 cm³/mol. The van der Waals surface area contributed by atoms with E-state index in [4.69, 9.17) is 5.84 Å². The molecule has 1 atom stereocenters. The molecule has 17 heavy (non-hydrogen) atoms. The number of nitrogens with one attached hydrogen (secondary N) is 1. The van der Waals surface area contributed by atoms with Gasteiger partial charge < -0.3 is 0 Å². The number of nitrogens with two attached hydrogens (primary N) is 1. The predicted octanol–water partition coefficient (Wildman–Crippen LogP) is 1.93. The molecule has 0 fully saturated rings. The van der Waals surface area contributed by atoms with Crippen LogP contribution in [0.4, 0.5) is 0 Å². The molecule has 1 aromatic carbocycles. The molecule has 0 radical (unpaired) electrons. The highest BCUT2D eigenvalue weighted by molar-refractivity contribution is 9.10. The Hall–Kier alpha value is -1.17. The Morgan fingerprint density at radius 2 is 2.12 bits per heavy atom. The molecule has 0 saturated heterocycles. The van der Waals surface area contributed by atoms with Crippen molar-refractivity contribution in [2.24, 2.45) is 12.9 Å². The van der Waals surface area contributed by atoms with Gasteiger partial charge in [0.05, 0.1) is 22.4 Å². The maximum Gasteiger partial charge on any atom is 0.0709 e. The molecular weight excluding hydrogens is 280 g/mol. The summed E-state index contributed by atoms with van der Waals surface area (Å²) in [6.07, 6.45) is 2.61. The van der Waals surface area contributed by atoms with Crippen LogP contribution in [0.1, 0.15) is 17.3 Å². The third-order valence-electron chi connectivity index (χ3n) is 2.75. The van der Waals surface area contributed by atoms with Gasteiger partial charge in [0.1, 0.15) is 0 Å². The fourth-order valence-electron chi connectivity index (χ4n) is 1.90. The first-order valence-electron chi connectivity index (χ1n) is 5.40. The minimum atomic E-state index is 0.0410. The van der Waals surface area contributed by atoms with Crippen molar-refractivity contribution in [3.63, 3.8) is 0 Å². The number of rotatable bonds is 4. The highest BCUT2D eigenvalue weighted by Gasteiger charge is 2.17. The van der Waals surface area contributed by atoms with Crippen molar-refractivity contribution >= 4 is 15.9 Å². The van der Waals surface area contributed by atoms with Crippen molar-refractivity contribution in [3.05, 3.63) is 52.3 Å². The summed E-state index contributed by atoms with van der Waals surface area (Å²) in [6, 6.07) is 10.3. The molecule has 0 saturated carbocycles. The lowest BCUT2D eigenvalue weighted by molar-refractivity contribution is 0.506. The summed E-state index contributed by atoms with van der Waals surface area (Å²) in [5.41, 5.74) is 5.14. The lowest BCUT2D eigenvalue weighted by Gasteiger charge is -2.17. The van der Waals surface area contributed by atoms with E-state index in [0.29, 0.717) is 0 Å². The van der Waals surface area contributed by atoms with Crippen molar-refractivity contribution in [2.75, 3.05) is 0 Å². The third-order valence-corrected chi connectivity index (χ3v) is 3.36. The molecule has 0 spiro atoms. The summed E-state index contributed by atoms with van der Waals surface area (Å²) in [7, 11) is 1.91. The van der Waals surface area contributed by atoms with Crippen molar-refractivity contribution in [3.8, 4) is 0 Å². The quantitative estimate of drug-likeness (QED) is 0.669. The zero-order valence-corrected chi connectivity index (χ0v) is 11.2. The van der Waals surface area contributed by atoms with Crippen LogP contribution in [0, 0.1) is 0 Å². The van der Waals surface area contributed by atoms with Gasteiger partial charge in [0.25, 0.3) is 0 Å². The van der Waals surface area contributed by atoms with Gasteiger partial charge in [-0.2, -0.15) is 5.10 Å². The van der Waals surface area contributed by atoms with Crippen molar-refractivity contribution in [2.45, 2.75) is 12.5 Å². The largest absolute Gasteiger partial charge is 0.271 e. The number of hydrogen-bond donors (Lipinski definition) is 2. The number of hydrogen-bond acceptors (Lipinski definition) is 3. The number of benzene rings is 1. The van der Waals surface area contributed by atoms with Crippen LogP contribution >= 0.6 is 15.9 Å². The Balaban J connectivity index is 2.23. The molecule has 0 aliphatic carbocycles. The van der Waals surface area contributed by atoms with Crippen molar-refractivity contribution in [1.29, 1.82) is 0 Å². The number of halogens is 1. The van der Waals surface area contributed by atoms with Gasteiger partial charge >= 0.3 is 0 Å². The summed E-state index contributed by atoms with van der Waals surface area (Å²) >= 11 is 3.49. The van der Waals surface area contributed by atoms with E-state index in [-0.39, 0.29) is 6.04 Å². The Labute approximate surface area is 109 Å². The van der Waals surface area contributed by atoms with Crippen LogP contribution in [0.5, 0.6) is 0 Å². The average Bonchev–Trinajstić information content (AvgIpc) is 2.68. The van der Waals surface area contributed by atoms with E-state index in [9.17, 15) is 0 Å². The Morgan fingerprint density at radius 3 is 2.65 bits per heavy atom. The number of aromatic nitrogens is 2. The minimum absolute atomic E-state index is 0.0410. The van der Waals surface area contributed by atoms with E-state index in [0.717, 1.165) is 16.6 Å². The molecule has 0 amide bonds. The smallest absolute Gasteiger partial charge is 0.0709 e. The molecule has 1 heterocycles. The molecule has 3 N–H and O–H groups in total. The second kappa shape index (κ2) is 5.44. The van der Waals surface area contributed by atoms with Crippen LogP contribution in [0.3, 0.4) is 0 Å². The van der Waals surface area contributed by atoms with Crippen LogP contribution in [-0.2, 0) is 13.5 Å². The fourth-order valence-corrected chi connectivity index (χ4v) is 2.52. The molecule has 0 aliphatic rings. The lowest BCUT2D eigenvalue weighted by atomic mass is 10.0. The lowest BCUT2D eigenvalue weighted by Crippen LogP contribution is -2.31. The maximum atomic E-state index is 5.64. The molecule has 5 heteroatoms. The van der Waals surface area contributed by atoms with Crippen LogP contribution in [0.25, 0.3) is 0 Å². The Morgan fingerprint density at radius 1 is 1.41 bits per heavy atom. The first kappa shape index (κ1) is 12.3. The monoisotopic (exact) mass is 294 g/mol. The normalized spacial score (nSPS) is 12.6. The van der Waals surface area contributed by atoms with Gasteiger partial charge in [-0.3, -0.25) is 16.0 Å². The third kappa shape index (κ3) is 2.74. The van der Waals surface area contributed by atoms with E-state index >= 15 is 0 Å². The molecule has 0 aliphatic heterocycles. The number of nitrogens with zero attached hydrogens (tertiary/aromatic N) is 2. The fraction of sp³-hybridized carbons (Fsp3) is 0.250. The molecule has 0 bridgehead atoms. The summed E-state index contributed by atoms with van der Waals surface area (Å²) < 4.78 is 2.80. The van der Waals surface area contributed by atoms with E-state index < -0.39 is 0 Å². The topological polar surface area (TPSA) is 55.9 Å². The van der Waals surface area contributed by atoms with Gasteiger partial charge in [-0.1, -0.05) is 30.3 Å². The van der Waals surface area contributed by atoms with Gasteiger partial charge in [-0.15, -0.1) is 0 Å². The summed E-state index contributed by atoms with van der Waals surface area (Å²) in [4.78, 5) is 0. The molecule has 1 aromatic heterocycles. The summed E-state index contributed by atoms with van der Waals surface area (Å²) in [5.74, 6) is 5.64. The van der Waals surface area contributed by atoms with E-state index in [2.05, 4.69) is 38.6 Å². The Bertz CT molecular complexity index is 461. The van der Waals surface area contributed by atoms with Crippen LogP contribution in [0.15, 0.2) is 41.0 Å². The van der Waals surface area contributed by atoms with E-state index in [1.54, 1.807) is 6.20 Å². The maximum absolute atomic E-state index is 5.64. The number of aryl methyl sites for hydroxylation is 1. The second-order valence-electron chi connectivity index (χ2n) is 3.91. The highest BCUT2D eigenvalue weighted by Crippen LogP contribution is 2.24. The molecular formula is C12H15BrN4. The second-order valence-corrected chi connectivity index (χ2v) is 4.76.